The van der Waals surface area contributed by atoms with Crippen molar-refractivity contribution in [2.24, 2.45) is 5.84 Å². The lowest BCUT2D eigenvalue weighted by Crippen LogP contribution is -2.29. The monoisotopic (exact) mass is 284 g/mol. The summed E-state index contributed by atoms with van der Waals surface area (Å²) in [5.74, 6) is 7.41. The quantitative estimate of drug-likeness (QED) is 0.647. The van der Waals surface area contributed by atoms with Crippen molar-refractivity contribution in [2.45, 2.75) is 32.2 Å². The zero-order chi connectivity index (χ0) is 14.7. The van der Waals surface area contributed by atoms with Crippen molar-refractivity contribution in [1.82, 2.24) is 15.4 Å². The molecule has 0 saturated heterocycles. The highest BCUT2D eigenvalue weighted by molar-refractivity contribution is 5.39. The number of hydrogen-bond acceptors (Lipinski definition) is 5. The standard InChI is InChI=1S/C16H20N4O/c1-11-9-18-16(19-10-11)14(20-17)4-2-12-3-5-15-13(8-12)6-7-21-15/h3,5,8-10,14,20H,2,4,6-7,17H2,1H3. The molecule has 0 aliphatic carbocycles. The third-order valence-corrected chi connectivity index (χ3v) is 3.79. The number of hydrazine groups is 1. The molecule has 1 unspecified atom stereocenters. The van der Waals surface area contributed by atoms with Crippen LogP contribution in [0.15, 0.2) is 30.6 Å². The SMILES string of the molecule is Cc1cnc(C(CCc2ccc3c(c2)CCO3)NN)nc1. The molecule has 1 aliphatic heterocycles. The highest BCUT2D eigenvalue weighted by Crippen LogP contribution is 2.27. The fraction of sp³-hybridized carbons (Fsp3) is 0.375. The van der Waals surface area contributed by atoms with Gasteiger partial charge in [-0.3, -0.25) is 5.84 Å². The van der Waals surface area contributed by atoms with Crippen LogP contribution < -0.4 is 16.0 Å². The van der Waals surface area contributed by atoms with Gasteiger partial charge < -0.3 is 4.74 Å². The molecule has 1 atom stereocenters. The third-order valence-electron chi connectivity index (χ3n) is 3.79. The Kier molecular flexibility index (Phi) is 4.13. The first-order valence-electron chi connectivity index (χ1n) is 7.25. The van der Waals surface area contributed by atoms with E-state index in [1.807, 2.05) is 19.3 Å². The second-order valence-corrected chi connectivity index (χ2v) is 5.42. The van der Waals surface area contributed by atoms with Crippen molar-refractivity contribution >= 4 is 0 Å². The third kappa shape index (κ3) is 3.20. The molecule has 0 spiro atoms. The number of nitrogens with zero attached hydrogens (tertiary/aromatic N) is 2. The van der Waals surface area contributed by atoms with Crippen molar-refractivity contribution < 1.29 is 4.74 Å². The van der Waals surface area contributed by atoms with Crippen molar-refractivity contribution in [1.29, 1.82) is 0 Å². The minimum atomic E-state index is -0.0323. The normalized spacial score (nSPS) is 14.6. The van der Waals surface area contributed by atoms with Crippen LogP contribution in [0.5, 0.6) is 5.75 Å². The van der Waals surface area contributed by atoms with E-state index in [1.165, 1.54) is 11.1 Å². The number of hydrogen-bond donors (Lipinski definition) is 2. The number of ether oxygens (including phenoxy) is 1. The number of fused-ring (bicyclic) bond motifs is 1. The summed E-state index contributed by atoms with van der Waals surface area (Å²) in [5.41, 5.74) is 6.46. The van der Waals surface area contributed by atoms with E-state index < -0.39 is 0 Å². The van der Waals surface area contributed by atoms with Crippen LogP contribution in [0.2, 0.25) is 0 Å². The zero-order valence-electron chi connectivity index (χ0n) is 12.2. The first-order valence-corrected chi connectivity index (χ1v) is 7.25. The van der Waals surface area contributed by atoms with Crippen LogP contribution in [0.1, 0.15) is 35.0 Å². The Morgan fingerprint density at radius 2 is 2.14 bits per heavy atom. The molecule has 0 amide bonds. The van der Waals surface area contributed by atoms with Crippen LogP contribution in [0, 0.1) is 6.92 Å². The number of benzene rings is 1. The van der Waals surface area contributed by atoms with Crippen LogP contribution >= 0.6 is 0 Å². The van der Waals surface area contributed by atoms with Gasteiger partial charge in [-0.1, -0.05) is 12.1 Å². The molecule has 1 aromatic carbocycles. The fourth-order valence-electron chi connectivity index (χ4n) is 2.58. The molecule has 0 radical (unpaired) electrons. The van der Waals surface area contributed by atoms with Gasteiger partial charge in [0, 0.05) is 18.8 Å². The summed E-state index contributed by atoms with van der Waals surface area (Å²) in [7, 11) is 0. The second kappa shape index (κ2) is 6.20. The van der Waals surface area contributed by atoms with Gasteiger partial charge in [-0.25, -0.2) is 15.4 Å². The highest BCUT2D eigenvalue weighted by Gasteiger charge is 2.15. The Morgan fingerprint density at radius 3 is 2.90 bits per heavy atom. The van der Waals surface area contributed by atoms with Gasteiger partial charge >= 0.3 is 0 Å². The number of aromatic nitrogens is 2. The van der Waals surface area contributed by atoms with Crippen molar-refractivity contribution in [3.8, 4) is 5.75 Å². The fourth-order valence-corrected chi connectivity index (χ4v) is 2.58. The molecule has 21 heavy (non-hydrogen) atoms. The lowest BCUT2D eigenvalue weighted by Gasteiger charge is -2.14. The van der Waals surface area contributed by atoms with E-state index in [9.17, 15) is 0 Å². The minimum absolute atomic E-state index is 0.0323. The van der Waals surface area contributed by atoms with E-state index in [0.717, 1.165) is 43.0 Å². The molecule has 2 heterocycles. The molecule has 2 aromatic rings. The Morgan fingerprint density at radius 1 is 1.33 bits per heavy atom. The summed E-state index contributed by atoms with van der Waals surface area (Å²) in [4.78, 5) is 8.69. The minimum Gasteiger partial charge on any atom is -0.493 e. The van der Waals surface area contributed by atoms with Crippen LogP contribution in [0.4, 0.5) is 0 Å². The molecule has 1 aliphatic rings. The van der Waals surface area contributed by atoms with Gasteiger partial charge in [0.05, 0.1) is 12.6 Å². The van der Waals surface area contributed by atoms with E-state index in [0.29, 0.717) is 0 Å². The number of nitrogens with two attached hydrogens (primary N) is 1. The maximum absolute atomic E-state index is 5.65. The number of nitrogens with one attached hydrogen (secondary N) is 1. The molecule has 0 fully saturated rings. The van der Waals surface area contributed by atoms with Gasteiger partial charge in [0.15, 0.2) is 0 Å². The van der Waals surface area contributed by atoms with Crippen LogP contribution in [-0.4, -0.2) is 16.6 Å². The highest BCUT2D eigenvalue weighted by atomic mass is 16.5. The Bertz CT molecular complexity index is 612. The second-order valence-electron chi connectivity index (χ2n) is 5.42. The largest absolute Gasteiger partial charge is 0.493 e. The molecule has 0 saturated carbocycles. The van der Waals surface area contributed by atoms with Gasteiger partial charge in [0.1, 0.15) is 11.6 Å². The van der Waals surface area contributed by atoms with Gasteiger partial charge in [0.2, 0.25) is 0 Å². The summed E-state index contributed by atoms with van der Waals surface area (Å²) >= 11 is 0. The zero-order valence-corrected chi connectivity index (χ0v) is 12.2. The molecule has 3 rings (SSSR count). The van der Waals surface area contributed by atoms with Gasteiger partial charge in [0.25, 0.3) is 0 Å². The summed E-state index contributed by atoms with van der Waals surface area (Å²) in [6, 6.07) is 6.37. The molecule has 5 heteroatoms. The lowest BCUT2D eigenvalue weighted by molar-refractivity contribution is 0.357. The summed E-state index contributed by atoms with van der Waals surface area (Å²) in [5, 5.41) is 0. The maximum Gasteiger partial charge on any atom is 0.146 e. The first-order chi connectivity index (χ1) is 10.3. The molecular formula is C16H20N4O. The van der Waals surface area contributed by atoms with E-state index >= 15 is 0 Å². The molecular weight excluding hydrogens is 264 g/mol. The molecule has 3 N–H and O–H groups in total. The van der Waals surface area contributed by atoms with Gasteiger partial charge in [-0.05, 0) is 42.5 Å². The predicted molar refractivity (Wildman–Crippen MR) is 80.8 cm³/mol. The maximum atomic E-state index is 5.65. The average molecular weight is 284 g/mol. The Labute approximate surface area is 124 Å². The van der Waals surface area contributed by atoms with Crippen molar-refractivity contribution in [3.63, 3.8) is 0 Å². The van der Waals surface area contributed by atoms with E-state index in [1.54, 1.807) is 0 Å². The molecule has 5 nitrogen and oxygen atoms in total. The number of rotatable bonds is 5. The van der Waals surface area contributed by atoms with E-state index in [-0.39, 0.29) is 6.04 Å². The van der Waals surface area contributed by atoms with Crippen LogP contribution in [0.25, 0.3) is 0 Å². The average Bonchev–Trinajstić information content (AvgIpc) is 2.97. The topological polar surface area (TPSA) is 73.1 Å². The van der Waals surface area contributed by atoms with Crippen LogP contribution in [0.3, 0.4) is 0 Å². The smallest absolute Gasteiger partial charge is 0.146 e. The Balaban J connectivity index is 1.66. The van der Waals surface area contributed by atoms with Gasteiger partial charge in [-0.15, -0.1) is 0 Å². The summed E-state index contributed by atoms with van der Waals surface area (Å²) < 4.78 is 5.53. The summed E-state index contributed by atoms with van der Waals surface area (Å²) in [6.07, 6.45) is 6.43. The Hall–Kier alpha value is -1.98. The van der Waals surface area contributed by atoms with E-state index in [2.05, 4.69) is 33.6 Å². The van der Waals surface area contributed by atoms with Crippen molar-refractivity contribution in [3.05, 3.63) is 53.1 Å². The molecule has 1 aromatic heterocycles. The van der Waals surface area contributed by atoms with Gasteiger partial charge in [-0.2, -0.15) is 0 Å². The van der Waals surface area contributed by atoms with E-state index in [4.69, 9.17) is 10.6 Å². The predicted octanol–water partition coefficient (Wildman–Crippen LogP) is 1.86. The molecule has 110 valence electrons. The van der Waals surface area contributed by atoms with Crippen LogP contribution in [-0.2, 0) is 12.8 Å². The molecule has 0 bridgehead atoms. The number of aryl methyl sites for hydroxylation is 2. The first kappa shape index (κ1) is 14.0. The summed E-state index contributed by atoms with van der Waals surface area (Å²) in [6.45, 7) is 2.77. The lowest BCUT2D eigenvalue weighted by atomic mass is 10.0. The van der Waals surface area contributed by atoms with Crippen molar-refractivity contribution in [2.75, 3.05) is 6.61 Å².